The van der Waals surface area contributed by atoms with Gasteiger partial charge in [0.1, 0.15) is 9.84 Å². The highest BCUT2D eigenvalue weighted by Gasteiger charge is 2.14. The molecule has 0 heterocycles. The molecule has 0 bridgehead atoms. The van der Waals surface area contributed by atoms with E-state index in [-0.39, 0.29) is 11.7 Å². The molecular weight excluding hydrogens is 318 g/mol. The van der Waals surface area contributed by atoms with Crippen LogP contribution in [-0.2, 0) is 9.84 Å². The van der Waals surface area contributed by atoms with Crippen LogP contribution in [0.15, 0.2) is 22.7 Å². The number of carbonyl (C=O) groups is 1. The third kappa shape index (κ3) is 4.78. The van der Waals surface area contributed by atoms with Gasteiger partial charge in [-0.25, -0.2) is 8.42 Å². The van der Waals surface area contributed by atoms with E-state index in [4.69, 9.17) is 0 Å². The van der Waals surface area contributed by atoms with Crippen molar-refractivity contribution in [3.63, 3.8) is 0 Å². The Labute approximate surface area is 116 Å². The molecule has 18 heavy (non-hydrogen) atoms. The van der Waals surface area contributed by atoms with Crippen molar-refractivity contribution in [3.8, 4) is 0 Å². The molecule has 0 aliphatic rings. The summed E-state index contributed by atoms with van der Waals surface area (Å²) in [7, 11) is -3.09. The molecule has 1 unspecified atom stereocenters. The van der Waals surface area contributed by atoms with Crippen LogP contribution in [0, 0.1) is 6.92 Å². The molecule has 4 nitrogen and oxygen atoms in total. The minimum atomic E-state index is -3.09. The Kier molecular flexibility index (Phi) is 4.92. The number of sulfone groups is 1. The van der Waals surface area contributed by atoms with Gasteiger partial charge in [0.05, 0.1) is 5.75 Å². The maximum Gasteiger partial charge on any atom is 0.251 e. The molecule has 0 saturated carbocycles. The number of carbonyl (C=O) groups excluding carboxylic acids is 1. The van der Waals surface area contributed by atoms with Crippen LogP contribution in [-0.4, -0.2) is 32.4 Å². The predicted molar refractivity (Wildman–Crippen MR) is 75.5 cm³/mol. The minimum Gasteiger partial charge on any atom is -0.349 e. The fourth-order valence-corrected chi connectivity index (χ4v) is 2.83. The van der Waals surface area contributed by atoms with E-state index in [1.54, 1.807) is 25.1 Å². The molecule has 1 amide bonds. The van der Waals surface area contributed by atoms with Gasteiger partial charge in [0.15, 0.2) is 0 Å². The van der Waals surface area contributed by atoms with Crippen molar-refractivity contribution >= 4 is 31.7 Å². The summed E-state index contributed by atoms with van der Waals surface area (Å²) in [5.74, 6) is -0.324. The predicted octanol–water partition coefficient (Wildman–Crippen LogP) is 1.92. The second-order valence-electron chi connectivity index (χ2n) is 4.43. The van der Waals surface area contributed by atoms with Crippen LogP contribution < -0.4 is 5.32 Å². The van der Waals surface area contributed by atoms with Gasteiger partial charge in [-0.3, -0.25) is 4.79 Å². The van der Waals surface area contributed by atoms with Crippen molar-refractivity contribution in [2.45, 2.75) is 19.9 Å². The Morgan fingerprint density at radius 1 is 1.44 bits per heavy atom. The summed E-state index contributed by atoms with van der Waals surface area (Å²) in [6.45, 7) is 3.56. The van der Waals surface area contributed by atoms with Gasteiger partial charge in [-0.05, 0) is 37.6 Å². The number of nitrogens with one attached hydrogen (secondary N) is 1. The second kappa shape index (κ2) is 5.84. The van der Waals surface area contributed by atoms with Crippen molar-refractivity contribution in [2.75, 3.05) is 12.0 Å². The highest BCUT2D eigenvalue weighted by atomic mass is 79.9. The lowest BCUT2D eigenvalue weighted by molar-refractivity contribution is 0.0943. The molecule has 0 spiro atoms. The number of hydrogen-bond acceptors (Lipinski definition) is 3. The molecule has 0 aromatic heterocycles. The van der Waals surface area contributed by atoms with E-state index in [1.807, 2.05) is 6.92 Å². The number of aryl methyl sites for hydroxylation is 1. The minimum absolute atomic E-state index is 0.0613. The van der Waals surface area contributed by atoms with Crippen molar-refractivity contribution in [1.29, 1.82) is 0 Å². The van der Waals surface area contributed by atoms with Gasteiger partial charge >= 0.3 is 0 Å². The molecule has 0 saturated heterocycles. The van der Waals surface area contributed by atoms with E-state index in [9.17, 15) is 13.2 Å². The second-order valence-corrected chi connectivity index (χ2v) is 7.47. The van der Waals surface area contributed by atoms with Gasteiger partial charge in [0, 0.05) is 22.3 Å². The zero-order chi connectivity index (χ0) is 13.9. The van der Waals surface area contributed by atoms with Crippen LogP contribution in [0.5, 0.6) is 0 Å². The normalized spacial score (nSPS) is 13.1. The van der Waals surface area contributed by atoms with Gasteiger partial charge in [0.25, 0.3) is 5.91 Å². The highest BCUT2D eigenvalue weighted by Crippen LogP contribution is 2.17. The smallest absolute Gasteiger partial charge is 0.251 e. The Morgan fingerprint density at radius 2 is 2.06 bits per heavy atom. The Bertz CT molecular complexity index is 554. The van der Waals surface area contributed by atoms with Crippen molar-refractivity contribution in [3.05, 3.63) is 33.8 Å². The summed E-state index contributed by atoms with van der Waals surface area (Å²) < 4.78 is 23.1. The van der Waals surface area contributed by atoms with Crippen LogP contribution in [0.4, 0.5) is 0 Å². The van der Waals surface area contributed by atoms with Crippen molar-refractivity contribution in [2.24, 2.45) is 0 Å². The molecule has 100 valence electrons. The maximum absolute atomic E-state index is 11.9. The number of benzene rings is 1. The van der Waals surface area contributed by atoms with E-state index in [0.717, 1.165) is 16.3 Å². The Morgan fingerprint density at radius 3 is 2.56 bits per heavy atom. The molecule has 1 atom stereocenters. The Balaban J connectivity index is 2.73. The van der Waals surface area contributed by atoms with Crippen LogP contribution in [0.25, 0.3) is 0 Å². The molecule has 1 aromatic carbocycles. The summed E-state index contributed by atoms with van der Waals surface area (Å²) in [5, 5.41) is 2.67. The van der Waals surface area contributed by atoms with Gasteiger partial charge < -0.3 is 5.32 Å². The first kappa shape index (κ1) is 15.2. The first-order valence-electron chi connectivity index (χ1n) is 5.44. The molecular formula is C12H16BrNO3S. The SMILES string of the molecule is Cc1cc(C(=O)NC(C)CS(C)(=O)=O)ccc1Br. The molecule has 1 N–H and O–H groups in total. The Hall–Kier alpha value is -0.880. The van der Waals surface area contributed by atoms with E-state index in [1.165, 1.54) is 0 Å². The van der Waals surface area contributed by atoms with E-state index < -0.39 is 15.9 Å². The zero-order valence-electron chi connectivity index (χ0n) is 10.5. The molecule has 0 fully saturated rings. The topological polar surface area (TPSA) is 63.2 Å². The quantitative estimate of drug-likeness (QED) is 0.915. The number of amides is 1. The van der Waals surface area contributed by atoms with E-state index >= 15 is 0 Å². The largest absolute Gasteiger partial charge is 0.349 e. The fourth-order valence-electron chi connectivity index (χ4n) is 1.59. The van der Waals surface area contributed by atoms with Crippen LogP contribution >= 0.6 is 15.9 Å². The van der Waals surface area contributed by atoms with Crippen molar-refractivity contribution in [1.82, 2.24) is 5.32 Å². The maximum atomic E-state index is 11.9. The molecule has 0 aliphatic heterocycles. The first-order valence-corrected chi connectivity index (χ1v) is 8.29. The van der Waals surface area contributed by atoms with E-state index in [0.29, 0.717) is 5.56 Å². The average molecular weight is 334 g/mol. The van der Waals surface area contributed by atoms with Gasteiger partial charge in [-0.2, -0.15) is 0 Å². The molecule has 0 radical (unpaired) electrons. The van der Waals surface area contributed by atoms with Gasteiger partial charge in [-0.1, -0.05) is 15.9 Å². The number of halogens is 1. The highest BCUT2D eigenvalue weighted by molar-refractivity contribution is 9.10. The van der Waals surface area contributed by atoms with Gasteiger partial charge in [-0.15, -0.1) is 0 Å². The zero-order valence-corrected chi connectivity index (χ0v) is 12.9. The standard InChI is InChI=1S/C12H16BrNO3S/c1-8-6-10(4-5-11(8)13)12(15)14-9(2)7-18(3,16)17/h4-6,9H,7H2,1-3H3,(H,14,15). The summed E-state index contributed by atoms with van der Waals surface area (Å²) in [6.07, 6.45) is 1.15. The molecule has 1 rings (SSSR count). The fraction of sp³-hybridized carbons (Fsp3) is 0.417. The third-order valence-electron chi connectivity index (χ3n) is 2.35. The van der Waals surface area contributed by atoms with Gasteiger partial charge in [0.2, 0.25) is 0 Å². The van der Waals surface area contributed by atoms with Crippen LogP contribution in [0.2, 0.25) is 0 Å². The number of rotatable bonds is 4. The lowest BCUT2D eigenvalue weighted by Gasteiger charge is -2.13. The van der Waals surface area contributed by atoms with Crippen molar-refractivity contribution < 1.29 is 13.2 Å². The lowest BCUT2D eigenvalue weighted by atomic mass is 10.1. The molecule has 0 aliphatic carbocycles. The summed E-state index contributed by atoms with van der Waals surface area (Å²) >= 11 is 3.36. The summed E-state index contributed by atoms with van der Waals surface area (Å²) in [6, 6.07) is 4.84. The molecule has 6 heteroatoms. The lowest BCUT2D eigenvalue weighted by Crippen LogP contribution is -2.37. The monoisotopic (exact) mass is 333 g/mol. The van der Waals surface area contributed by atoms with E-state index in [2.05, 4.69) is 21.2 Å². The van der Waals surface area contributed by atoms with Crippen LogP contribution in [0.3, 0.4) is 0 Å². The van der Waals surface area contributed by atoms with Crippen LogP contribution in [0.1, 0.15) is 22.8 Å². The summed E-state index contributed by atoms with van der Waals surface area (Å²) in [5.41, 5.74) is 1.48. The average Bonchev–Trinajstić information content (AvgIpc) is 2.18. The summed E-state index contributed by atoms with van der Waals surface area (Å²) in [4.78, 5) is 11.9. The first-order chi connectivity index (χ1) is 8.19. The number of hydrogen-bond donors (Lipinski definition) is 1. The third-order valence-corrected chi connectivity index (χ3v) is 4.35. The molecule has 1 aromatic rings.